The van der Waals surface area contributed by atoms with E-state index in [-0.39, 0.29) is 17.4 Å². The number of hydrogen-bond donors (Lipinski definition) is 1. The van der Waals surface area contributed by atoms with Crippen LogP contribution in [0.1, 0.15) is 12.8 Å². The van der Waals surface area contributed by atoms with Gasteiger partial charge in [-0.05, 0) is 32.5 Å². The quantitative estimate of drug-likeness (QED) is 0.668. The zero-order valence-corrected chi connectivity index (χ0v) is 11.1. The Balaban J connectivity index is 2.22. The number of non-ortho nitro benzene ring substituents is 1. The Morgan fingerprint density at radius 2 is 2.05 bits per heavy atom. The van der Waals surface area contributed by atoms with E-state index in [4.69, 9.17) is 0 Å². The summed E-state index contributed by atoms with van der Waals surface area (Å²) < 4.78 is 0. The molecule has 1 N–H and O–H groups in total. The number of hydrogen-bond acceptors (Lipinski definition) is 6. The molecular weight excluding hydrogens is 264 g/mol. The van der Waals surface area contributed by atoms with Crippen LogP contribution in [0, 0.1) is 20.2 Å². The number of likely N-dealkylation sites (tertiary alicyclic amines) is 1. The lowest BCUT2D eigenvalue weighted by molar-refractivity contribution is -0.393. The second kappa shape index (κ2) is 5.83. The van der Waals surface area contributed by atoms with Crippen LogP contribution in [0.5, 0.6) is 0 Å². The first-order valence-electron chi connectivity index (χ1n) is 6.35. The van der Waals surface area contributed by atoms with E-state index in [9.17, 15) is 20.2 Å². The van der Waals surface area contributed by atoms with Crippen LogP contribution in [0.4, 0.5) is 17.1 Å². The van der Waals surface area contributed by atoms with E-state index < -0.39 is 9.85 Å². The summed E-state index contributed by atoms with van der Waals surface area (Å²) in [6.45, 7) is 1.81. The van der Waals surface area contributed by atoms with Gasteiger partial charge in [0.05, 0.1) is 15.9 Å². The second-order valence-corrected chi connectivity index (χ2v) is 4.96. The summed E-state index contributed by atoms with van der Waals surface area (Å²) >= 11 is 0. The molecule has 1 unspecified atom stereocenters. The number of rotatable bonds is 4. The predicted octanol–water partition coefficient (Wildman–Crippen LogP) is 2.01. The van der Waals surface area contributed by atoms with Gasteiger partial charge in [-0.15, -0.1) is 0 Å². The standard InChI is InChI=1S/C12H16N4O4/c1-14-6-2-3-9(8-14)13-11-5-4-10(15(17)18)7-12(11)16(19)20/h4-5,7,9,13H,2-3,6,8H2,1H3. The molecule has 1 saturated heterocycles. The number of likely N-dealkylation sites (N-methyl/N-ethyl adjacent to an activating group) is 1. The molecule has 2 rings (SSSR count). The molecule has 8 nitrogen and oxygen atoms in total. The molecule has 0 aromatic heterocycles. The highest BCUT2D eigenvalue weighted by atomic mass is 16.6. The summed E-state index contributed by atoms with van der Waals surface area (Å²) in [6, 6.07) is 3.80. The zero-order chi connectivity index (χ0) is 14.7. The number of piperidine rings is 1. The lowest BCUT2D eigenvalue weighted by Gasteiger charge is -2.30. The molecule has 8 heteroatoms. The predicted molar refractivity (Wildman–Crippen MR) is 73.9 cm³/mol. The third-order valence-corrected chi connectivity index (χ3v) is 3.37. The van der Waals surface area contributed by atoms with Crippen molar-refractivity contribution in [2.45, 2.75) is 18.9 Å². The number of nitrogens with one attached hydrogen (secondary N) is 1. The van der Waals surface area contributed by atoms with E-state index in [1.165, 1.54) is 12.1 Å². The fourth-order valence-electron chi connectivity index (χ4n) is 2.41. The molecule has 1 aromatic rings. The fraction of sp³-hybridized carbons (Fsp3) is 0.500. The van der Waals surface area contributed by atoms with Gasteiger partial charge in [-0.1, -0.05) is 0 Å². The van der Waals surface area contributed by atoms with Crippen LogP contribution in [0.25, 0.3) is 0 Å². The molecule has 1 heterocycles. The van der Waals surface area contributed by atoms with E-state index in [2.05, 4.69) is 10.2 Å². The second-order valence-electron chi connectivity index (χ2n) is 4.96. The van der Waals surface area contributed by atoms with Gasteiger partial charge in [-0.2, -0.15) is 0 Å². The number of nitro groups is 2. The van der Waals surface area contributed by atoms with Crippen molar-refractivity contribution in [3.63, 3.8) is 0 Å². The Kier molecular flexibility index (Phi) is 4.14. The van der Waals surface area contributed by atoms with E-state index in [1.807, 2.05) is 7.05 Å². The van der Waals surface area contributed by atoms with E-state index in [1.54, 1.807) is 0 Å². The Labute approximate surface area is 115 Å². The highest BCUT2D eigenvalue weighted by Gasteiger charge is 2.23. The van der Waals surface area contributed by atoms with Crippen molar-refractivity contribution in [2.75, 3.05) is 25.5 Å². The Morgan fingerprint density at radius 3 is 2.65 bits per heavy atom. The molecule has 0 amide bonds. The molecule has 108 valence electrons. The third-order valence-electron chi connectivity index (χ3n) is 3.37. The molecule has 1 aliphatic rings. The van der Waals surface area contributed by atoms with Gasteiger partial charge in [0.2, 0.25) is 0 Å². The molecule has 0 bridgehead atoms. The summed E-state index contributed by atoms with van der Waals surface area (Å²) in [4.78, 5) is 22.6. The summed E-state index contributed by atoms with van der Waals surface area (Å²) in [6.07, 6.45) is 1.95. The SMILES string of the molecule is CN1CCCC(Nc2ccc([N+](=O)[O-])cc2[N+](=O)[O-])C1. The van der Waals surface area contributed by atoms with Crippen LogP contribution >= 0.6 is 0 Å². The highest BCUT2D eigenvalue weighted by Crippen LogP contribution is 2.30. The Hall–Kier alpha value is -2.22. The van der Waals surface area contributed by atoms with Crippen molar-refractivity contribution < 1.29 is 9.85 Å². The van der Waals surface area contributed by atoms with Crippen molar-refractivity contribution in [3.8, 4) is 0 Å². The molecule has 1 aliphatic heterocycles. The first-order chi connectivity index (χ1) is 9.47. The van der Waals surface area contributed by atoms with Crippen LogP contribution in [-0.2, 0) is 0 Å². The molecule has 20 heavy (non-hydrogen) atoms. The molecule has 0 spiro atoms. The average Bonchev–Trinajstić information content (AvgIpc) is 2.38. The third kappa shape index (κ3) is 3.21. The summed E-state index contributed by atoms with van der Waals surface area (Å²) in [5, 5.41) is 24.8. The minimum Gasteiger partial charge on any atom is -0.375 e. The lowest BCUT2D eigenvalue weighted by atomic mass is 10.1. The first-order valence-corrected chi connectivity index (χ1v) is 6.35. The van der Waals surface area contributed by atoms with E-state index >= 15 is 0 Å². The smallest absolute Gasteiger partial charge is 0.299 e. The summed E-state index contributed by atoms with van der Waals surface area (Å²) in [7, 11) is 2.00. The largest absolute Gasteiger partial charge is 0.375 e. The number of nitrogens with zero attached hydrogens (tertiary/aromatic N) is 3. The van der Waals surface area contributed by atoms with Crippen molar-refractivity contribution >= 4 is 17.1 Å². The van der Waals surface area contributed by atoms with Crippen molar-refractivity contribution in [2.24, 2.45) is 0 Å². The van der Waals surface area contributed by atoms with E-state index in [0.717, 1.165) is 32.0 Å². The number of nitro benzene ring substituents is 2. The molecular formula is C12H16N4O4. The maximum absolute atomic E-state index is 11.0. The van der Waals surface area contributed by atoms with E-state index in [0.29, 0.717) is 5.69 Å². The molecule has 1 fully saturated rings. The van der Waals surface area contributed by atoms with Crippen molar-refractivity contribution in [1.82, 2.24) is 4.90 Å². The van der Waals surface area contributed by atoms with Gasteiger partial charge in [0.15, 0.2) is 0 Å². The number of anilines is 1. The maximum Gasteiger partial charge on any atom is 0.299 e. The first kappa shape index (κ1) is 14.2. The van der Waals surface area contributed by atoms with Gasteiger partial charge >= 0.3 is 0 Å². The number of benzene rings is 1. The van der Waals surface area contributed by atoms with Crippen LogP contribution < -0.4 is 5.32 Å². The summed E-state index contributed by atoms with van der Waals surface area (Å²) in [5.74, 6) is 0. The monoisotopic (exact) mass is 280 g/mol. The van der Waals surface area contributed by atoms with Crippen LogP contribution in [-0.4, -0.2) is 40.9 Å². The van der Waals surface area contributed by atoms with Gasteiger partial charge in [0.1, 0.15) is 5.69 Å². The molecule has 0 radical (unpaired) electrons. The zero-order valence-electron chi connectivity index (χ0n) is 11.1. The van der Waals surface area contributed by atoms with Gasteiger partial charge in [-0.3, -0.25) is 20.2 Å². The fourth-order valence-corrected chi connectivity index (χ4v) is 2.41. The van der Waals surface area contributed by atoms with Crippen LogP contribution in [0.15, 0.2) is 18.2 Å². The lowest BCUT2D eigenvalue weighted by Crippen LogP contribution is -2.39. The highest BCUT2D eigenvalue weighted by molar-refractivity contribution is 5.65. The van der Waals surface area contributed by atoms with Gasteiger partial charge < -0.3 is 10.2 Å². The van der Waals surface area contributed by atoms with Crippen LogP contribution in [0.3, 0.4) is 0 Å². The van der Waals surface area contributed by atoms with Gasteiger partial charge in [-0.25, -0.2) is 0 Å². The van der Waals surface area contributed by atoms with Gasteiger partial charge in [0.25, 0.3) is 11.4 Å². The Bertz CT molecular complexity index is 534. The van der Waals surface area contributed by atoms with Crippen molar-refractivity contribution in [3.05, 3.63) is 38.4 Å². The average molecular weight is 280 g/mol. The molecule has 1 atom stereocenters. The summed E-state index contributed by atoms with van der Waals surface area (Å²) in [5.41, 5.74) is -0.198. The normalized spacial score (nSPS) is 19.6. The minimum absolute atomic E-state index is 0.119. The van der Waals surface area contributed by atoms with Gasteiger partial charge in [0, 0.05) is 18.7 Å². The topological polar surface area (TPSA) is 102 Å². The maximum atomic E-state index is 11.0. The molecule has 0 aliphatic carbocycles. The minimum atomic E-state index is -0.634. The van der Waals surface area contributed by atoms with Crippen molar-refractivity contribution in [1.29, 1.82) is 0 Å². The molecule has 0 saturated carbocycles. The molecule has 1 aromatic carbocycles. The Morgan fingerprint density at radius 1 is 1.30 bits per heavy atom. The van der Waals surface area contributed by atoms with Crippen LogP contribution in [0.2, 0.25) is 0 Å².